The number of nitrogens with two attached hydrogens (primary N) is 1. The summed E-state index contributed by atoms with van der Waals surface area (Å²) < 4.78 is 5.39. The second-order valence-electron chi connectivity index (χ2n) is 5.11. The molecule has 0 fully saturated rings. The lowest BCUT2D eigenvalue weighted by molar-refractivity contribution is 0.0995. The summed E-state index contributed by atoms with van der Waals surface area (Å²) in [6.07, 6.45) is 4.35. The van der Waals surface area contributed by atoms with Gasteiger partial charge in [-0.2, -0.15) is 0 Å². The zero-order valence-corrected chi connectivity index (χ0v) is 11.8. The average Bonchev–Trinajstić information content (AvgIpc) is 2.97. The number of urea groups is 1. The minimum absolute atomic E-state index is 0.0816. The van der Waals surface area contributed by atoms with Gasteiger partial charge in [-0.1, -0.05) is 6.07 Å². The highest BCUT2D eigenvalue weighted by molar-refractivity contribution is 5.92. The molecule has 2 aromatic rings. The van der Waals surface area contributed by atoms with Crippen molar-refractivity contribution in [1.29, 1.82) is 0 Å². The van der Waals surface area contributed by atoms with Crippen LogP contribution in [0.3, 0.4) is 0 Å². The maximum absolute atomic E-state index is 12.1. The fourth-order valence-corrected chi connectivity index (χ4v) is 2.59. The van der Waals surface area contributed by atoms with Crippen molar-refractivity contribution in [3.05, 3.63) is 47.5 Å². The molecule has 114 valence electrons. The van der Waals surface area contributed by atoms with Crippen molar-refractivity contribution >= 4 is 17.8 Å². The third kappa shape index (κ3) is 2.93. The molecule has 2 aromatic heterocycles. The Hall–Kier alpha value is -2.83. The van der Waals surface area contributed by atoms with Crippen molar-refractivity contribution in [3.63, 3.8) is 0 Å². The molecule has 2 heterocycles. The van der Waals surface area contributed by atoms with Gasteiger partial charge in [-0.25, -0.2) is 9.78 Å². The summed E-state index contributed by atoms with van der Waals surface area (Å²) in [6.45, 7) is 0. The number of rotatable bonds is 3. The van der Waals surface area contributed by atoms with Crippen LogP contribution < -0.4 is 16.4 Å². The first kappa shape index (κ1) is 14.1. The van der Waals surface area contributed by atoms with Gasteiger partial charge in [0.05, 0.1) is 12.3 Å². The number of furan rings is 1. The van der Waals surface area contributed by atoms with E-state index in [2.05, 4.69) is 15.6 Å². The van der Waals surface area contributed by atoms with Crippen molar-refractivity contribution in [1.82, 2.24) is 10.3 Å². The number of carbonyl (C=O) groups excluding carboxylic acids is 2. The van der Waals surface area contributed by atoms with Crippen LogP contribution in [0.2, 0.25) is 0 Å². The molecule has 1 aliphatic carbocycles. The van der Waals surface area contributed by atoms with Gasteiger partial charge in [-0.3, -0.25) is 10.1 Å². The molecule has 0 aromatic carbocycles. The van der Waals surface area contributed by atoms with E-state index < -0.39 is 5.91 Å². The Kier molecular flexibility index (Phi) is 3.78. The maximum Gasteiger partial charge on any atom is 0.320 e. The van der Waals surface area contributed by atoms with Gasteiger partial charge in [0.1, 0.15) is 17.3 Å². The van der Waals surface area contributed by atoms with Crippen LogP contribution in [0.5, 0.6) is 0 Å². The predicted molar refractivity (Wildman–Crippen MR) is 79.3 cm³/mol. The molecule has 7 nitrogen and oxygen atoms in total. The molecular weight excluding hydrogens is 284 g/mol. The molecule has 1 aliphatic rings. The summed E-state index contributed by atoms with van der Waals surface area (Å²) in [5.41, 5.74) is 6.28. The smallest absolute Gasteiger partial charge is 0.320 e. The number of anilines is 1. The van der Waals surface area contributed by atoms with Crippen LogP contribution in [-0.4, -0.2) is 16.9 Å². The lowest BCUT2D eigenvalue weighted by Gasteiger charge is -2.22. The Morgan fingerprint density at radius 2 is 2.18 bits per heavy atom. The molecule has 3 amide bonds. The zero-order chi connectivity index (χ0) is 15.5. The molecule has 1 atom stereocenters. The van der Waals surface area contributed by atoms with E-state index in [0.717, 1.165) is 30.6 Å². The number of pyridine rings is 1. The van der Waals surface area contributed by atoms with Gasteiger partial charge in [0.2, 0.25) is 0 Å². The first-order chi connectivity index (χ1) is 10.6. The summed E-state index contributed by atoms with van der Waals surface area (Å²) in [6, 6.07) is 6.11. The van der Waals surface area contributed by atoms with Crippen molar-refractivity contribution in [2.75, 3.05) is 5.32 Å². The SMILES string of the molecule is NC(=O)c1cccc(NC(=O)N[C@@H]2CCCc3occc32)n1. The number of aryl methyl sites for hydroxylation is 1. The highest BCUT2D eigenvalue weighted by Crippen LogP contribution is 2.30. The molecule has 0 bridgehead atoms. The molecule has 4 N–H and O–H groups in total. The summed E-state index contributed by atoms with van der Waals surface area (Å²) in [4.78, 5) is 27.1. The number of amides is 3. The predicted octanol–water partition coefficient (Wildman–Crippen LogP) is 1.97. The standard InChI is InChI=1S/C15H16N4O3/c16-14(20)11-4-2-6-13(17-11)19-15(21)18-10-3-1-5-12-9(10)7-8-22-12/h2,4,6-8,10H,1,3,5H2,(H2,16,20)(H2,17,18,19,21)/t10-/m1/s1. The van der Waals surface area contributed by atoms with Gasteiger partial charge in [0.15, 0.2) is 0 Å². The van der Waals surface area contributed by atoms with Crippen LogP contribution in [0.15, 0.2) is 34.9 Å². The number of primary amides is 1. The Labute approximate surface area is 126 Å². The minimum Gasteiger partial charge on any atom is -0.469 e. The third-order valence-electron chi connectivity index (χ3n) is 3.60. The summed E-state index contributed by atoms with van der Waals surface area (Å²) in [5.74, 6) is 0.557. The Balaban J connectivity index is 1.67. The number of nitrogens with one attached hydrogen (secondary N) is 2. The number of fused-ring (bicyclic) bond motifs is 1. The summed E-state index contributed by atoms with van der Waals surface area (Å²) >= 11 is 0. The number of carbonyl (C=O) groups is 2. The van der Waals surface area contributed by atoms with Crippen LogP contribution in [0, 0.1) is 0 Å². The van der Waals surface area contributed by atoms with Crippen molar-refractivity contribution in [3.8, 4) is 0 Å². The van der Waals surface area contributed by atoms with E-state index >= 15 is 0 Å². The number of nitrogens with zero attached hydrogens (tertiary/aromatic N) is 1. The Morgan fingerprint density at radius 1 is 1.32 bits per heavy atom. The quantitative estimate of drug-likeness (QED) is 0.804. The molecule has 0 radical (unpaired) electrons. The maximum atomic E-state index is 12.1. The van der Waals surface area contributed by atoms with Crippen LogP contribution >= 0.6 is 0 Å². The van der Waals surface area contributed by atoms with E-state index in [1.807, 2.05) is 6.07 Å². The van der Waals surface area contributed by atoms with E-state index in [1.165, 1.54) is 6.07 Å². The first-order valence-corrected chi connectivity index (χ1v) is 7.04. The highest BCUT2D eigenvalue weighted by atomic mass is 16.3. The monoisotopic (exact) mass is 300 g/mol. The third-order valence-corrected chi connectivity index (χ3v) is 3.60. The van der Waals surface area contributed by atoms with Gasteiger partial charge in [0, 0.05) is 12.0 Å². The Morgan fingerprint density at radius 3 is 3.00 bits per heavy atom. The zero-order valence-electron chi connectivity index (χ0n) is 11.8. The molecule has 0 aliphatic heterocycles. The molecule has 3 rings (SSSR count). The molecule has 0 saturated heterocycles. The Bertz CT molecular complexity index is 710. The molecule has 22 heavy (non-hydrogen) atoms. The molecule has 0 unspecified atom stereocenters. The lowest BCUT2D eigenvalue weighted by atomic mass is 9.93. The average molecular weight is 300 g/mol. The summed E-state index contributed by atoms with van der Waals surface area (Å²) in [7, 11) is 0. The normalized spacial score (nSPS) is 16.6. The van der Waals surface area contributed by atoms with E-state index in [0.29, 0.717) is 0 Å². The van der Waals surface area contributed by atoms with Crippen LogP contribution in [-0.2, 0) is 6.42 Å². The second kappa shape index (κ2) is 5.88. The van der Waals surface area contributed by atoms with Gasteiger partial charge >= 0.3 is 6.03 Å². The number of aromatic nitrogens is 1. The van der Waals surface area contributed by atoms with E-state index in [-0.39, 0.29) is 23.6 Å². The van der Waals surface area contributed by atoms with E-state index in [1.54, 1.807) is 18.4 Å². The minimum atomic E-state index is -0.639. The first-order valence-electron chi connectivity index (χ1n) is 7.04. The highest BCUT2D eigenvalue weighted by Gasteiger charge is 2.24. The lowest BCUT2D eigenvalue weighted by Crippen LogP contribution is -2.34. The fourth-order valence-electron chi connectivity index (χ4n) is 2.59. The van der Waals surface area contributed by atoms with Crippen molar-refractivity contribution < 1.29 is 14.0 Å². The topological polar surface area (TPSA) is 110 Å². The van der Waals surface area contributed by atoms with Gasteiger partial charge in [0.25, 0.3) is 5.91 Å². The van der Waals surface area contributed by atoms with Crippen LogP contribution in [0.4, 0.5) is 10.6 Å². The van der Waals surface area contributed by atoms with Gasteiger partial charge in [-0.05, 0) is 31.0 Å². The van der Waals surface area contributed by atoms with E-state index in [9.17, 15) is 9.59 Å². The van der Waals surface area contributed by atoms with Crippen LogP contribution in [0.25, 0.3) is 0 Å². The molecule has 0 spiro atoms. The molecule has 7 heteroatoms. The second-order valence-corrected chi connectivity index (χ2v) is 5.11. The number of hydrogen-bond acceptors (Lipinski definition) is 4. The van der Waals surface area contributed by atoms with Gasteiger partial charge < -0.3 is 15.5 Å². The summed E-state index contributed by atoms with van der Waals surface area (Å²) in [5, 5.41) is 5.50. The van der Waals surface area contributed by atoms with Crippen molar-refractivity contribution in [2.24, 2.45) is 5.73 Å². The van der Waals surface area contributed by atoms with Crippen molar-refractivity contribution in [2.45, 2.75) is 25.3 Å². The van der Waals surface area contributed by atoms with E-state index in [4.69, 9.17) is 10.2 Å². The fraction of sp³-hybridized carbons (Fsp3) is 0.267. The largest absolute Gasteiger partial charge is 0.469 e. The molecular formula is C15H16N4O3. The number of hydrogen-bond donors (Lipinski definition) is 3. The van der Waals surface area contributed by atoms with Gasteiger partial charge in [-0.15, -0.1) is 0 Å². The molecule has 0 saturated carbocycles. The van der Waals surface area contributed by atoms with Crippen LogP contribution in [0.1, 0.15) is 40.7 Å².